The zero-order valence-electron chi connectivity index (χ0n) is 10.6. The third kappa shape index (κ3) is 2.53. The highest BCUT2D eigenvalue weighted by atomic mass is 16.6. The highest BCUT2D eigenvalue weighted by Crippen LogP contribution is 2.46. The van der Waals surface area contributed by atoms with Gasteiger partial charge >= 0.3 is 6.09 Å². The first-order chi connectivity index (χ1) is 7.81. The van der Waals surface area contributed by atoms with Crippen molar-refractivity contribution in [3.63, 3.8) is 0 Å². The number of carbonyl (C=O) groups is 2. The van der Waals surface area contributed by atoms with Crippen LogP contribution in [0.3, 0.4) is 0 Å². The van der Waals surface area contributed by atoms with E-state index in [0.717, 1.165) is 25.8 Å². The Kier molecular flexibility index (Phi) is 2.79. The van der Waals surface area contributed by atoms with Crippen LogP contribution in [-0.2, 0) is 9.53 Å². The predicted octanol–water partition coefficient (Wildman–Crippen LogP) is 1.18. The summed E-state index contributed by atoms with van der Waals surface area (Å²) < 4.78 is 5.17. The van der Waals surface area contributed by atoms with Crippen LogP contribution >= 0.6 is 0 Å². The van der Waals surface area contributed by atoms with E-state index < -0.39 is 11.7 Å². The van der Waals surface area contributed by atoms with Crippen LogP contribution in [0.15, 0.2) is 0 Å². The molecule has 17 heavy (non-hydrogen) atoms. The minimum absolute atomic E-state index is 0.0775. The monoisotopic (exact) mass is 240 g/mol. The van der Waals surface area contributed by atoms with Crippen LogP contribution < -0.4 is 10.6 Å². The van der Waals surface area contributed by atoms with Crippen molar-refractivity contribution in [2.75, 3.05) is 6.54 Å². The lowest BCUT2D eigenvalue weighted by molar-refractivity contribution is -0.133. The van der Waals surface area contributed by atoms with Crippen LogP contribution in [0, 0.1) is 5.41 Å². The Balaban J connectivity index is 1.77. The van der Waals surface area contributed by atoms with Gasteiger partial charge in [-0.1, -0.05) is 0 Å². The van der Waals surface area contributed by atoms with Crippen molar-refractivity contribution in [1.82, 2.24) is 10.6 Å². The van der Waals surface area contributed by atoms with Gasteiger partial charge in [-0.3, -0.25) is 4.79 Å². The molecule has 5 heteroatoms. The number of rotatable bonds is 1. The molecule has 1 heterocycles. The fourth-order valence-electron chi connectivity index (χ4n) is 2.57. The summed E-state index contributed by atoms with van der Waals surface area (Å²) in [4.78, 5) is 23.1. The highest BCUT2D eigenvalue weighted by molar-refractivity contribution is 5.86. The number of ether oxygens (including phenoxy) is 1. The largest absolute Gasteiger partial charge is 0.444 e. The minimum Gasteiger partial charge on any atom is -0.444 e. The van der Waals surface area contributed by atoms with Gasteiger partial charge in [-0.05, 0) is 40.0 Å². The van der Waals surface area contributed by atoms with Gasteiger partial charge in [-0.2, -0.15) is 0 Å². The fraction of sp³-hybridized carbons (Fsp3) is 0.833. The van der Waals surface area contributed by atoms with Crippen molar-refractivity contribution >= 4 is 12.0 Å². The van der Waals surface area contributed by atoms with Gasteiger partial charge in [-0.15, -0.1) is 0 Å². The second kappa shape index (κ2) is 3.89. The van der Waals surface area contributed by atoms with E-state index in [9.17, 15) is 9.59 Å². The van der Waals surface area contributed by atoms with Crippen molar-refractivity contribution in [3.8, 4) is 0 Å². The molecule has 0 unspecified atom stereocenters. The third-order valence-corrected chi connectivity index (χ3v) is 3.37. The Labute approximate surface area is 101 Å². The van der Waals surface area contributed by atoms with Gasteiger partial charge in [-0.25, -0.2) is 4.79 Å². The summed E-state index contributed by atoms with van der Waals surface area (Å²) in [7, 11) is 0. The second-order valence-corrected chi connectivity index (χ2v) is 6.04. The first kappa shape index (κ1) is 12.2. The molecule has 1 aliphatic heterocycles. The average Bonchev–Trinajstić information content (AvgIpc) is 2.43. The quantitative estimate of drug-likeness (QED) is 0.723. The maximum Gasteiger partial charge on any atom is 0.407 e. The third-order valence-electron chi connectivity index (χ3n) is 3.37. The van der Waals surface area contributed by atoms with E-state index in [2.05, 4.69) is 10.6 Å². The molecule has 5 nitrogen and oxygen atoms in total. The molecule has 1 saturated heterocycles. The maximum absolute atomic E-state index is 11.6. The Hall–Kier alpha value is -1.26. The Bertz CT molecular complexity index is 340. The van der Waals surface area contributed by atoms with E-state index in [4.69, 9.17) is 4.74 Å². The molecule has 0 aromatic rings. The molecular weight excluding hydrogens is 220 g/mol. The second-order valence-electron chi connectivity index (χ2n) is 6.04. The zero-order valence-corrected chi connectivity index (χ0v) is 10.6. The lowest BCUT2D eigenvalue weighted by atomic mass is 9.64. The van der Waals surface area contributed by atoms with E-state index in [0.29, 0.717) is 0 Å². The zero-order chi connectivity index (χ0) is 12.7. The number of nitrogens with one attached hydrogen (secondary N) is 2. The Morgan fingerprint density at radius 2 is 2.12 bits per heavy atom. The lowest BCUT2D eigenvalue weighted by Gasteiger charge is -2.43. The summed E-state index contributed by atoms with van der Waals surface area (Å²) >= 11 is 0. The van der Waals surface area contributed by atoms with E-state index in [1.54, 1.807) is 0 Å². The summed E-state index contributed by atoms with van der Waals surface area (Å²) in [6.45, 7) is 6.26. The molecule has 0 bridgehead atoms. The number of hydrogen-bond donors (Lipinski definition) is 2. The van der Waals surface area contributed by atoms with Gasteiger partial charge in [0.2, 0.25) is 5.91 Å². The van der Waals surface area contributed by atoms with Crippen molar-refractivity contribution < 1.29 is 14.3 Å². The van der Waals surface area contributed by atoms with Gasteiger partial charge in [0.25, 0.3) is 0 Å². The van der Waals surface area contributed by atoms with Crippen molar-refractivity contribution in [2.24, 2.45) is 5.41 Å². The summed E-state index contributed by atoms with van der Waals surface area (Å²) in [5.74, 6) is 0.139. The predicted molar refractivity (Wildman–Crippen MR) is 62.5 cm³/mol. The molecule has 1 aliphatic carbocycles. The van der Waals surface area contributed by atoms with Gasteiger partial charge < -0.3 is 15.4 Å². The Morgan fingerprint density at radius 1 is 1.47 bits per heavy atom. The van der Waals surface area contributed by atoms with Crippen molar-refractivity contribution in [3.05, 3.63) is 0 Å². The molecule has 2 rings (SSSR count). The van der Waals surface area contributed by atoms with Gasteiger partial charge in [0.1, 0.15) is 5.60 Å². The molecule has 1 spiro atoms. The summed E-state index contributed by atoms with van der Waals surface area (Å²) in [6.07, 6.45) is 1.96. The molecule has 0 aromatic heterocycles. The minimum atomic E-state index is -0.476. The molecule has 96 valence electrons. The normalized spacial score (nSPS) is 31.9. The lowest BCUT2D eigenvalue weighted by Crippen LogP contribution is -2.54. The van der Waals surface area contributed by atoms with Crippen LogP contribution in [0.2, 0.25) is 0 Å². The van der Waals surface area contributed by atoms with E-state index in [-0.39, 0.29) is 17.4 Å². The fourth-order valence-corrected chi connectivity index (χ4v) is 2.57. The number of hydrogen-bond acceptors (Lipinski definition) is 3. The van der Waals surface area contributed by atoms with E-state index >= 15 is 0 Å². The molecule has 2 amide bonds. The molecule has 0 atom stereocenters. The van der Waals surface area contributed by atoms with Crippen LogP contribution in [0.25, 0.3) is 0 Å². The van der Waals surface area contributed by atoms with Crippen LogP contribution in [-0.4, -0.2) is 30.2 Å². The average molecular weight is 240 g/mol. The number of amides is 2. The topological polar surface area (TPSA) is 67.4 Å². The molecule has 0 aromatic carbocycles. The molecule has 0 radical (unpaired) electrons. The van der Waals surface area contributed by atoms with Gasteiger partial charge in [0.15, 0.2) is 0 Å². The van der Waals surface area contributed by atoms with Gasteiger partial charge in [0.05, 0.1) is 5.41 Å². The van der Waals surface area contributed by atoms with Crippen molar-refractivity contribution in [2.45, 2.75) is 51.7 Å². The smallest absolute Gasteiger partial charge is 0.407 e. The first-order valence-corrected chi connectivity index (χ1v) is 6.09. The molecule has 1 saturated carbocycles. The van der Waals surface area contributed by atoms with Crippen molar-refractivity contribution in [1.29, 1.82) is 0 Å². The van der Waals surface area contributed by atoms with Gasteiger partial charge in [0, 0.05) is 12.6 Å². The SMILES string of the molecule is CC(C)(C)OC(=O)NC1CC2(CCNC2=O)C1. The van der Waals surface area contributed by atoms with E-state index in [1.807, 2.05) is 20.8 Å². The summed E-state index contributed by atoms with van der Waals surface area (Å²) in [5, 5.41) is 5.64. The summed E-state index contributed by atoms with van der Waals surface area (Å²) in [6, 6.07) is 0.0775. The molecule has 2 aliphatic rings. The van der Waals surface area contributed by atoms with Crippen LogP contribution in [0.4, 0.5) is 4.79 Å². The number of carbonyl (C=O) groups excluding carboxylic acids is 2. The first-order valence-electron chi connectivity index (χ1n) is 6.09. The maximum atomic E-state index is 11.6. The summed E-state index contributed by atoms with van der Waals surface area (Å²) in [5.41, 5.74) is -0.685. The standard InChI is InChI=1S/C12H20N2O3/c1-11(2,3)17-10(16)14-8-6-12(7-8)4-5-13-9(12)15/h8H,4-7H2,1-3H3,(H,13,15)(H,14,16). The number of alkyl carbamates (subject to hydrolysis) is 1. The molecule has 2 N–H and O–H groups in total. The Morgan fingerprint density at radius 3 is 2.59 bits per heavy atom. The molecule has 2 fully saturated rings. The van der Waals surface area contributed by atoms with Crippen LogP contribution in [0.5, 0.6) is 0 Å². The van der Waals surface area contributed by atoms with E-state index in [1.165, 1.54) is 0 Å². The highest BCUT2D eigenvalue weighted by Gasteiger charge is 2.52. The molecular formula is C12H20N2O3. The van der Waals surface area contributed by atoms with Crippen LogP contribution in [0.1, 0.15) is 40.0 Å².